The van der Waals surface area contributed by atoms with Crippen LogP contribution in [-0.4, -0.2) is 37.9 Å². The maximum atomic E-state index is 13.7. The number of carboxylic acids is 1. The Hall–Kier alpha value is -2.64. The van der Waals surface area contributed by atoms with Gasteiger partial charge in [-0.1, -0.05) is 57.0 Å². The Labute approximate surface area is 190 Å². The fourth-order valence-electron chi connectivity index (χ4n) is 4.37. The third-order valence-electron chi connectivity index (χ3n) is 6.15. The first kappa shape index (κ1) is 24.0. The highest BCUT2D eigenvalue weighted by molar-refractivity contribution is 7.91. The minimum atomic E-state index is -3.65. The first-order valence-electron chi connectivity index (χ1n) is 10.9. The fraction of sp³-hybridized carbons (Fsp3) is 0.400. The van der Waals surface area contributed by atoms with Crippen LogP contribution in [0.2, 0.25) is 0 Å². The van der Waals surface area contributed by atoms with E-state index < -0.39 is 21.3 Å². The number of unbranched alkanes of at least 4 members (excludes halogenated alkanes) is 1. The van der Waals surface area contributed by atoms with E-state index in [-0.39, 0.29) is 16.7 Å². The van der Waals surface area contributed by atoms with E-state index in [0.717, 1.165) is 30.9 Å². The van der Waals surface area contributed by atoms with Crippen molar-refractivity contribution in [3.63, 3.8) is 0 Å². The third kappa shape index (κ3) is 5.05. The second kappa shape index (κ2) is 9.88. The van der Waals surface area contributed by atoms with Gasteiger partial charge in [0, 0.05) is 17.2 Å². The van der Waals surface area contributed by atoms with Crippen LogP contribution < -0.4 is 10.1 Å². The van der Waals surface area contributed by atoms with Crippen LogP contribution in [0.3, 0.4) is 0 Å². The van der Waals surface area contributed by atoms with Gasteiger partial charge in [0.1, 0.15) is 5.75 Å². The van der Waals surface area contributed by atoms with Gasteiger partial charge < -0.3 is 9.84 Å². The molecule has 2 N–H and O–H groups in total. The quantitative estimate of drug-likeness (QED) is 0.563. The van der Waals surface area contributed by atoms with Crippen LogP contribution in [0.5, 0.6) is 5.75 Å². The summed E-state index contributed by atoms with van der Waals surface area (Å²) in [5.41, 5.74) is 1.43. The highest BCUT2D eigenvalue weighted by Crippen LogP contribution is 2.41. The molecule has 172 valence electrons. The van der Waals surface area contributed by atoms with Crippen molar-refractivity contribution in [3.8, 4) is 5.75 Å². The SMILES string of the molecule is CCCC[C@]1(CC)CS(=O)(=O)c2cc(C=CC(=O)O)c(OC)cc2[C@@H](c2ccccc2)N1. The molecule has 0 radical (unpaired) electrons. The Morgan fingerprint density at radius 3 is 2.56 bits per heavy atom. The number of hydrogen-bond donors (Lipinski definition) is 2. The van der Waals surface area contributed by atoms with Gasteiger partial charge in [0.2, 0.25) is 0 Å². The zero-order chi connectivity index (χ0) is 23.4. The summed E-state index contributed by atoms with van der Waals surface area (Å²) in [6.07, 6.45) is 5.68. The molecule has 0 bridgehead atoms. The molecule has 1 heterocycles. The smallest absolute Gasteiger partial charge is 0.328 e. The third-order valence-corrected chi connectivity index (χ3v) is 8.11. The number of carbonyl (C=O) groups is 1. The standard InChI is InChI=1S/C25H31NO5S/c1-4-6-14-25(5-2)17-32(29,30)22-15-19(12-13-23(27)28)21(31-3)16-20(22)24(26-25)18-10-8-7-9-11-18/h7-13,15-16,24,26H,4-6,14,17H2,1-3H3,(H,27,28)/t24-,25-/m1/s1. The number of fused-ring (bicyclic) bond motifs is 1. The van der Waals surface area contributed by atoms with Crippen molar-refractivity contribution in [2.45, 2.75) is 56.0 Å². The fourth-order valence-corrected chi connectivity index (χ4v) is 6.53. The molecule has 0 spiro atoms. The second-order valence-corrected chi connectivity index (χ2v) is 10.2. The van der Waals surface area contributed by atoms with Crippen molar-refractivity contribution in [1.82, 2.24) is 5.32 Å². The van der Waals surface area contributed by atoms with E-state index in [0.29, 0.717) is 23.3 Å². The number of rotatable bonds is 8. The highest BCUT2D eigenvalue weighted by atomic mass is 32.2. The normalized spacial score (nSPS) is 22.3. The van der Waals surface area contributed by atoms with Crippen LogP contribution in [0.15, 0.2) is 53.4 Å². The lowest BCUT2D eigenvalue weighted by Gasteiger charge is -2.36. The predicted molar refractivity (Wildman–Crippen MR) is 126 cm³/mol. The Morgan fingerprint density at radius 1 is 1.25 bits per heavy atom. The van der Waals surface area contributed by atoms with Gasteiger partial charge >= 0.3 is 5.97 Å². The summed E-state index contributed by atoms with van der Waals surface area (Å²) in [6, 6.07) is 12.7. The molecule has 0 saturated carbocycles. The Balaban J connectivity index is 2.28. The summed E-state index contributed by atoms with van der Waals surface area (Å²) in [7, 11) is -2.16. The van der Waals surface area contributed by atoms with Crippen LogP contribution in [0.1, 0.15) is 62.3 Å². The lowest BCUT2D eigenvalue weighted by atomic mass is 9.88. The van der Waals surface area contributed by atoms with Gasteiger partial charge in [-0.05, 0) is 42.2 Å². The van der Waals surface area contributed by atoms with Gasteiger partial charge in [0.25, 0.3) is 0 Å². The van der Waals surface area contributed by atoms with Gasteiger partial charge in [0.15, 0.2) is 9.84 Å². The average Bonchev–Trinajstić information content (AvgIpc) is 2.88. The van der Waals surface area contributed by atoms with Crippen LogP contribution >= 0.6 is 0 Å². The van der Waals surface area contributed by atoms with Crippen LogP contribution in [0.4, 0.5) is 0 Å². The van der Waals surface area contributed by atoms with Crippen LogP contribution in [0, 0.1) is 0 Å². The number of sulfone groups is 1. The van der Waals surface area contributed by atoms with Gasteiger partial charge in [-0.2, -0.15) is 0 Å². The van der Waals surface area contributed by atoms with Crippen molar-refractivity contribution < 1.29 is 23.1 Å². The van der Waals surface area contributed by atoms with E-state index in [1.807, 2.05) is 37.3 Å². The van der Waals surface area contributed by atoms with E-state index in [4.69, 9.17) is 9.84 Å². The number of hydrogen-bond acceptors (Lipinski definition) is 5. The Kier molecular flexibility index (Phi) is 7.41. The average molecular weight is 458 g/mol. The molecule has 2 aromatic rings. The van der Waals surface area contributed by atoms with Crippen molar-refractivity contribution in [1.29, 1.82) is 0 Å². The molecule has 1 aliphatic rings. The lowest BCUT2D eigenvalue weighted by Crippen LogP contribution is -2.50. The number of carboxylic acid groups (broad SMARTS) is 1. The summed E-state index contributed by atoms with van der Waals surface area (Å²) in [5.74, 6) is -0.698. The molecule has 3 rings (SSSR count). The minimum absolute atomic E-state index is 0.0127. The van der Waals surface area contributed by atoms with Crippen molar-refractivity contribution >= 4 is 21.9 Å². The van der Waals surface area contributed by atoms with Crippen LogP contribution in [0.25, 0.3) is 6.08 Å². The molecule has 32 heavy (non-hydrogen) atoms. The molecule has 2 atom stereocenters. The van der Waals surface area contributed by atoms with E-state index >= 15 is 0 Å². The van der Waals surface area contributed by atoms with Gasteiger partial charge in [-0.15, -0.1) is 0 Å². The molecule has 0 amide bonds. The van der Waals surface area contributed by atoms with E-state index in [2.05, 4.69) is 12.2 Å². The van der Waals surface area contributed by atoms with Gasteiger partial charge in [-0.25, -0.2) is 13.2 Å². The first-order valence-corrected chi connectivity index (χ1v) is 12.6. The topological polar surface area (TPSA) is 92.7 Å². The molecule has 6 nitrogen and oxygen atoms in total. The molecule has 1 aliphatic heterocycles. The summed E-state index contributed by atoms with van der Waals surface area (Å²) >= 11 is 0. The zero-order valence-electron chi connectivity index (χ0n) is 18.8. The molecule has 0 unspecified atom stereocenters. The number of aliphatic carboxylic acids is 1. The van der Waals surface area contributed by atoms with Gasteiger partial charge in [0.05, 0.1) is 23.8 Å². The lowest BCUT2D eigenvalue weighted by molar-refractivity contribution is -0.131. The molecular weight excluding hydrogens is 426 g/mol. The Morgan fingerprint density at radius 2 is 1.97 bits per heavy atom. The first-order chi connectivity index (χ1) is 15.2. The predicted octanol–water partition coefficient (Wildman–Crippen LogP) is 4.60. The maximum absolute atomic E-state index is 13.7. The van der Waals surface area contributed by atoms with E-state index in [9.17, 15) is 13.2 Å². The maximum Gasteiger partial charge on any atom is 0.328 e. The number of benzene rings is 2. The largest absolute Gasteiger partial charge is 0.496 e. The second-order valence-electron chi connectivity index (χ2n) is 8.29. The molecule has 0 aliphatic carbocycles. The molecule has 2 aromatic carbocycles. The summed E-state index contributed by atoms with van der Waals surface area (Å²) < 4.78 is 32.9. The molecule has 0 fully saturated rings. The summed E-state index contributed by atoms with van der Waals surface area (Å²) in [4.78, 5) is 11.3. The molecule has 0 saturated heterocycles. The zero-order valence-corrected chi connectivity index (χ0v) is 19.6. The highest BCUT2D eigenvalue weighted by Gasteiger charge is 2.42. The van der Waals surface area contributed by atoms with E-state index in [1.54, 1.807) is 12.1 Å². The molecule has 0 aromatic heterocycles. The number of nitrogens with one attached hydrogen (secondary N) is 1. The monoisotopic (exact) mass is 457 g/mol. The summed E-state index contributed by atoms with van der Waals surface area (Å²) in [6.45, 7) is 4.13. The minimum Gasteiger partial charge on any atom is -0.496 e. The van der Waals surface area contributed by atoms with E-state index in [1.165, 1.54) is 13.2 Å². The van der Waals surface area contributed by atoms with Crippen LogP contribution in [-0.2, 0) is 14.6 Å². The molecule has 7 heteroatoms. The van der Waals surface area contributed by atoms with Gasteiger partial charge in [-0.3, -0.25) is 5.32 Å². The Bertz CT molecular complexity index is 1090. The summed E-state index contributed by atoms with van der Waals surface area (Å²) in [5, 5.41) is 12.8. The van der Waals surface area contributed by atoms with Crippen molar-refractivity contribution in [2.24, 2.45) is 0 Å². The van der Waals surface area contributed by atoms with Crippen molar-refractivity contribution in [3.05, 3.63) is 65.2 Å². The van der Waals surface area contributed by atoms with Crippen molar-refractivity contribution in [2.75, 3.05) is 12.9 Å². The number of methoxy groups -OCH3 is 1. The molecular formula is C25H31NO5S. The number of ether oxygens (including phenoxy) is 1.